The Morgan fingerprint density at radius 3 is 2.42 bits per heavy atom. The van der Waals surface area contributed by atoms with E-state index in [1.165, 1.54) is 31.4 Å². The lowest BCUT2D eigenvalue weighted by molar-refractivity contribution is -0.385. The number of carbonyl (C=O) groups is 2. The molecule has 0 aliphatic carbocycles. The van der Waals surface area contributed by atoms with Gasteiger partial charge in [0.25, 0.3) is 11.1 Å². The van der Waals surface area contributed by atoms with Crippen molar-refractivity contribution in [3.63, 3.8) is 0 Å². The van der Waals surface area contributed by atoms with Crippen LogP contribution in [0.1, 0.15) is 16.7 Å². The zero-order valence-electron chi connectivity index (χ0n) is 19.3. The number of halogens is 4. The zero-order valence-corrected chi connectivity index (χ0v) is 20.9. The molecule has 1 aliphatic heterocycles. The molecule has 0 radical (unpaired) electrons. The van der Waals surface area contributed by atoms with Gasteiger partial charge in [0.15, 0.2) is 11.5 Å². The van der Waals surface area contributed by atoms with Crippen molar-refractivity contribution in [1.82, 2.24) is 4.90 Å². The van der Waals surface area contributed by atoms with Crippen LogP contribution in [-0.2, 0) is 17.5 Å². The topological polar surface area (TPSA) is 99.0 Å². The summed E-state index contributed by atoms with van der Waals surface area (Å²) in [5, 5.41) is 11.3. The summed E-state index contributed by atoms with van der Waals surface area (Å²) in [6, 6.07) is 13.1. The van der Waals surface area contributed by atoms with Gasteiger partial charge in [-0.05, 0) is 59.3 Å². The van der Waals surface area contributed by atoms with Gasteiger partial charge in [-0.15, -0.1) is 0 Å². The van der Waals surface area contributed by atoms with Crippen molar-refractivity contribution in [1.29, 1.82) is 0 Å². The van der Waals surface area contributed by atoms with E-state index in [0.29, 0.717) is 28.3 Å². The number of rotatable bonds is 7. The molecule has 1 saturated heterocycles. The highest BCUT2D eigenvalue weighted by Gasteiger charge is 2.36. The highest BCUT2D eigenvalue weighted by Crippen LogP contribution is 2.41. The fourth-order valence-corrected chi connectivity index (χ4v) is 4.52. The molecule has 0 bridgehead atoms. The summed E-state index contributed by atoms with van der Waals surface area (Å²) in [5.74, 6) is -0.864. The second-order valence-electron chi connectivity index (χ2n) is 7.81. The summed E-state index contributed by atoms with van der Waals surface area (Å²) in [4.78, 5) is 36.9. The Hall–Kier alpha value is -4.03. The van der Waals surface area contributed by atoms with E-state index < -0.39 is 39.2 Å². The average molecular weight is 565 g/mol. The molecule has 0 atom stereocenters. The number of imide groups is 1. The van der Waals surface area contributed by atoms with Crippen LogP contribution in [0.25, 0.3) is 6.08 Å². The Balaban J connectivity index is 1.58. The van der Waals surface area contributed by atoms with Crippen LogP contribution in [0, 0.1) is 10.1 Å². The largest absolute Gasteiger partial charge is 0.493 e. The molecular formula is C25H16ClF3N2O6S. The molecule has 0 spiro atoms. The van der Waals surface area contributed by atoms with Crippen LogP contribution in [-0.4, -0.2) is 28.1 Å². The first-order chi connectivity index (χ1) is 18.0. The maximum absolute atomic E-state index is 13.0. The highest BCUT2D eigenvalue weighted by atomic mass is 35.5. The normalized spacial score (nSPS) is 14.8. The predicted octanol–water partition coefficient (Wildman–Crippen LogP) is 7.30. The van der Waals surface area contributed by atoms with Gasteiger partial charge in [0, 0.05) is 11.1 Å². The maximum Gasteiger partial charge on any atom is 0.416 e. The van der Waals surface area contributed by atoms with E-state index in [4.69, 9.17) is 21.1 Å². The molecule has 38 heavy (non-hydrogen) atoms. The minimum Gasteiger partial charge on any atom is -0.493 e. The Labute approximate surface area is 222 Å². The van der Waals surface area contributed by atoms with Crippen molar-refractivity contribution in [2.45, 2.75) is 12.7 Å². The molecule has 8 nitrogen and oxygen atoms in total. The van der Waals surface area contributed by atoms with Crippen molar-refractivity contribution in [2.24, 2.45) is 0 Å². The lowest BCUT2D eigenvalue weighted by atomic mass is 10.1. The van der Waals surface area contributed by atoms with Crippen LogP contribution in [0.4, 0.5) is 23.7 Å². The number of alkyl halides is 3. The number of methoxy groups -OCH3 is 1. The van der Waals surface area contributed by atoms with Crippen molar-refractivity contribution < 1.29 is 37.2 Å². The number of nitro groups is 1. The van der Waals surface area contributed by atoms with Crippen LogP contribution in [0.2, 0.25) is 5.02 Å². The van der Waals surface area contributed by atoms with Gasteiger partial charge >= 0.3 is 11.9 Å². The van der Waals surface area contributed by atoms with Crippen LogP contribution < -0.4 is 9.47 Å². The lowest BCUT2D eigenvalue weighted by Crippen LogP contribution is -2.27. The first-order valence-electron chi connectivity index (χ1n) is 10.7. The summed E-state index contributed by atoms with van der Waals surface area (Å²) in [6.07, 6.45) is -3.31. The van der Waals surface area contributed by atoms with E-state index in [1.807, 2.05) is 0 Å². The Bertz CT molecular complexity index is 1480. The number of nitro benzene ring substituents is 1. The zero-order chi connectivity index (χ0) is 27.6. The highest BCUT2D eigenvalue weighted by molar-refractivity contribution is 8.18. The van der Waals surface area contributed by atoms with Crippen LogP contribution in [0.5, 0.6) is 17.2 Å². The second-order valence-corrected chi connectivity index (χ2v) is 9.21. The summed E-state index contributed by atoms with van der Waals surface area (Å²) >= 11 is 6.89. The van der Waals surface area contributed by atoms with Crippen LogP contribution in [0.3, 0.4) is 0 Å². The third-order valence-corrected chi connectivity index (χ3v) is 6.62. The maximum atomic E-state index is 13.0. The van der Waals surface area contributed by atoms with E-state index in [0.717, 1.165) is 22.7 Å². The average Bonchev–Trinajstić information content (AvgIpc) is 3.12. The van der Waals surface area contributed by atoms with Crippen molar-refractivity contribution in [3.05, 3.63) is 97.4 Å². The summed E-state index contributed by atoms with van der Waals surface area (Å²) in [6.45, 7) is 0.00366. The fraction of sp³-hybridized carbons (Fsp3) is 0.120. The number of thioether (sulfide) groups is 1. The van der Waals surface area contributed by atoms with E-state index in [2.05, 4.69) is 0 Å². The molecular weight excluding hydrogens is 549 g/mol. The number of carbonyl (C=O) groups excluding carboxylic acids is 2. The fourth-order valence-electron chi connectivity index (χ4n) is 3.48. The molecule has 1 fully saturated rings. The van der Waals surface area contributed by atoms with E-state index in [9.17, 15) is 32.9 Å². The molecule has 0 saturated carbocycles. The molecule has 4 rings (SSSR count). The Kier molecular flexibility index (Phi) is 7.65. The molecule has 1 aliphatic rings. The smallest absolute Gasteiger partial charge is 0.416 e. The number of benzene rings is 3. The standard InChI is InChI=1S/C25H16ClF3N2O6S/c1-36-21-10-14(11-22-23(32)30(24(33)38-22)13-15-4-2-3-5-17(15)26)6-8-20(21)37-19-9-7-16(25(27,28)29)12-18(19)31(34)35/h2-12H,13H2,1H3/b22-11+. The Morgan fingerprint density at radius 2 is 1.76 bits per heavy atom. The number of hydrogen-bond donors (Lipinski definition) is 0. The van der Waals surface area contributed by atoms with Gasteiger partial charge in [0.05, 0.1) is 29.0 Å². The van der Waals surface area contributed by atoms with Crippen LogP contribution in [0.15, 0.2) is 65.6 Å². The van der Waals surface area contributed by atoms with E-state index in [1.54, 1.807) is 24.3 Å². The van der Waals surface area contributed by atoms with E-state index >= 15 is 0 Å². The number of hydrogen-bond acceptors (Lipinski definition) is 7. The lowest BCUT2D eigenvalue weighted by Gasteiger charge is -2.13. The molecule has 196 valence electrons. The SMILES string of the molecule is COc1cc(/C=C2/SC(=O)N(Cc3ccccc3Cl)C2=O)ccc1Oc1ccc(C(F)(F)F)cc1[N+](=O)[O-]. The minimum atomic E-state index is -4.77. The molecule has 13 heteroatoms. The first-order valence-corrected chi connectivity index (χ1v) is 11.9. The van der Waals surface area contributed by atoms with Gasteiger partial charge in [-0.25, -0.2) is 0 Å². The molecule has 3 aromatic carbocycles. The molecule has 2 amide bonds. The van der Waals surface area contributed by atoms with Gasteiger partial charge < -0.3 is 9.47 Å². The molecule has 0 unspecified atom stereocenters. The monoisotopic (exact) mass is 564 g/mol. The summed E-state index contributed by atoms with van der Waals surface area (Å²) in [5.41, 5.74) is -1.02. The Morgan fingerprint density at radius 1 is 1.05 bits per heavy atom. The third-order valence-electron chi connectivity index (χ3n) is 5.35. The number of ether oxygens (including phenoxy) is 2. The van der Waals surface area contributed by atoms with Gasteiger partial charge in [-0.2, -0.15) is 13.2 Å². The molecule has 1 heterocycles. The van der Waals surface area contributed by atoms with Crippen molar-refractivity contribution in [3.8, 4) is 17.2 Å². The second kappa shape index (κ2) is 10.8. The molecule has 3 aromatic rings. The number of nitrogens with zero attached hydrogens (tertiary/aromatic N) is 2. The van der Waals surface area contributed by atoms with Gasteiger partial charge in [-0.3, -0.25) is 24.6 Å². The van der Waals surface area contributed by atoms with E-state index in [-0.39, 0.29) is 22.9 Å². The van der Waals surface area contributed by atoms with Gasteiger partial charge in [0.1, 0.15) is 0 Å². The van der Waals surface area contributed by atoms with Crippen molar-refractivity contribution in [2.75, 3.05) is 7.11 Å². The number of amides is 2. The minimum absolute atomic E-state index is 0.00366. The summed E-state index contributed by atoms with van der Waals surface area (Å²) in [7, 11) is 1.30. The van der Waals surface area contributed by atoms with Crippen LogP contribution >= 0.6 is 23.4 Å². The quantitative estimate of drug-likeness (QED) is 0.169. The van der Waals surface area contributed by atoms with Crippen molar-refractivity contribution >= 4 is 46.3 Å². The van der Waals surface area contributed by atoms with Gasteiger partial charge in [-0.1, -0.05) is 35.9 Å². The molecule has 0 aromatic heterocycles. The van der Waals surface area contributed by atoms with Gasteiger partial charge in [0.2, 0.25) is 5.75 Å². The summed E-state index contributed by atoms with van der Waals surface area (Å²) < 4.78 is 49.7. The molecule has 0 N–H and O–H groups in total. The third kappa shape index (κ3) is 5.76. The predicted molar refractivity (Wildman–Crippen MR) is 134 cm³/mol. The first kappa shape index (κ1) is 27.0.